The Morgan fingerprint density at radius 2 is 2.24 bits per heavy atom. The fourth-order valence-corrected chi connectivity index (χ4v) is 1.96. The summed E-state index contributed by atoms with van der Waals surface area (Å²) >= 11 is 0. The molecular formula is C11H12N2O4. The molecule has 0 aliphatic carbocycles. The van der Waals surface area contributed by atoms with E-state index in [4.69, 9.17) is 5.11 Å². The van der Waals surface area contributed by atoms with E-state index in [1.807, 2.05) is 4.90 Å². The molecule has 0 radical (unpaired) electrons. The van der Waals surface area contributed by atoms with Crippen LogP contribution in [0.25, 0.3) is 0 Å². The first-order valence-corrected chi connectivity index (χ1v) is 5.27. The van der Waals surface area contributed by atoms with Crippen molar-refractivity contribution in [3.63, 3.8) is 0 Å². The van der Waals surface area contributed by atoms with Crippen LogP contribution in [0.4, 0.5) is 11.4 Å². The summed E-state index contributed by atoms with van der Waals surface area (Å²) in [6.07, 6.45) is 0.158. The van der Waals surface area contributed by atoms with Gasteiger partial charge in [0, 0.05) is 36.8 Å². The standard InChI is InChI=1S/C11H12N2O4/c14-11(15)4-8-6-12(7-8)9-2-1-3-10(5-9)13(16)17/h1-3,5,8H,4,6-7H2,(H,14,15). The summed E-state index contributed by atoms with van der Waals surface area (Å²) in [5.74, 6) is -0.652. The molecule has 90 valence electrons. The number of nitro groups is 1. The van der Waals surface area contributed by atoms with Crippen molar-refractivity contribution in [1.82, 2.24) is 0 Å². The van der Waals surface area contributed by atoms with Crippen molar-refractivity contribution in [3.8, 4) is 0 Å². The van der Waals surface area contributed by atoms with Crippen LogP contribution in [0.15, 0.2) is 24.3 Å². The molecule has 1 heterocycles. The number of nitro benzene ring substituents is 1. The Kier molecular flexibility index (Phi) is 2.95. The third-order valence-corrected chi connectivity index (χ3v) is 2.83. The highest BCUT2D eigenvalue weighted by Gasteiger charge is 2.29. The highest BCUT2D eigenvalue weighted by Crippen LogP contribution is 2.28. The van der Waals surface area contributed by atoms with Crippen LogP contribution in [0.2, 0.25) is 0 Å². The van der Waals surface area contributed by atoms with Gasteiger partial charge >= 0.3 is 5.97 Å². The van der Waals surface area contributed by atoms with Gasteiger partial charge < -0.3 is 10.0 Å². The predicted molar refractivity (Wildman–Crippen MR) is 61.1 cm³/mol. The van der Waals surface area contributed by atoms with Crippen LogP contribution in [-0.2, 0) is 4.79 Å². The molecule has 0 unspecified atom stereocenters. The molecule has 1 aliphatic heterocycles. The molecule has 1 fully saturated rings. The van der Waals surface area contributed by atoms with E-state index in [0.29, 0.717) is 13.1 Å². The second-order valence-electron chi connectivity index (χ2n) is 4.15. The Morgan fingerprint density at radius 3 is 2.82 bits per heavy atom. The number of non-ortho nitro benzene ring substituents is 1. The maximum absolute atomic E-state index is 10.6. The lowest BCUT2D eigenvalue weighted by Gasteiger charge is -2.40. The van der Waals surface area contributed by atoms with Crippen molar-refractivity contribution < 1.29 is 14.8 Å². The van der Waals surface area contributed by atoms with E-state index >= 15 is 0 Å². The molecule has 1 saturated heterocycles. The highest BCUT2D eigenvalue weighted by atomic mass is 16.6. The fraction of sp³-hybridized carbons (Fsp3) is 0.364. The van der Waals surface area contributed by atoms with Gasteiger partial charge in [-0.1, -0.05) is 6.07 Å². The Labute approximate surface area is 97.6 Å². The van der Waals surface area contributed by atoms with E-state index in [2.05, 4.69) is 0 Å². The summed E-state index contributed by atoms with van der Waals surface area (Å²) < 4.78 is 0. The van der Waals surface area contributed by atoms with Gasteiger partial charge in [-0.05, 0) is 6.07 Å². The van der Waals surface area contributed by atoms with Crippen LogP contribution in [-0.4, -0.2) is 29.1 Å². The van der Waals surface area contributed by atoms with Crippen LogP contribution in [0.5, 0.6) is 0 Å². The van der Waals surface area contributed by atoms with Crippen molar-refractivity contribution in [1.29, 1.82) is 0 Å². The third kappa shape index (κ3) is 2.52. The van der Waals surface area contributed by atoms with E-state index < -0.39 is 10.9 Å². The average Bonchev–Trinajstić information content (AvgIpc) is 2.22. The highest BCUT2D eigenvalue weighted by molar-refractivity contribution is 5.68. The van der Waals surface area contributed by atoms with Gasteiger partial charge in [0.05, 0.1) is 11.3 Å². The third-order valence-electron chi connectivity index (χ3n) is 2.83. The summed E-state index contributed by atoms with van der Waals surface area (Å²) in [5, 5.41) is 19.2. The number of hydrogen-bond donors (Lipinski definition) is 1. The van der Waals surface area contributed by atoms with Gasteiger partial charge in [0.2, 0.25) is 0 Å². The molecule has 1 aliphatic rings. The second kappa shape index (κ2) is 4.40. The summed E-state index contributed by atoms with van der Waals surface area (Å²) in [7, 11) is 0. The molecule has 1 aromatic rings. The maximum Gasteiger partial charge on any atom is 0.303 e. The van der Waals surface area contributed by atoms with Gasteiger partial charge in [0.25, 0.3) is 5.69 Å². The number of carboxylic acid groups (broad SMARTS) is 1. The van der Waals surface area contributed by atoms with Gasteiger partial charge in [-0.15, -0.1) is 0 Å². The quantitative estimate of drug-likeness (QED) is 0.632. The fourth-order valence-electron chi connectivity index (χ4n) is 1.96. The smallest absolute Gasteiger partial charge is 0.303 e. The first-order valence-electron chi connectivity index (χ1n) is 5.27. The van der Waals surface area contributed by atoms with Crippen molar-refractivity contribution >= 4 is 17.3 Å². The summed E-state index contributed by atoms with van der Waals surface area (Å²) in [6.45, 7) is 1.29. The molecule has 6 nitrogen and oxygen atoms in total. The largest absolute Gasteiger partial charge is 0.481 e. The lowest BCUT2D eigenvalue weighted by atomic mass is 9.95. The molecule has 0 spiro atoms. The summed E-state index contributed by atoms with van der Waals surface area (Å²) in [5.41, 5.74) is 0.838. The zero-order valence-electron chi connectivity index (χ0n) is 9.07. The average molecular weight is 236 g/mol. The molecule has 6 heteroatoms. The van der Waals surface area contributed by atoms with E-state index in [-0.39, 0.29) is 18.0 Å². The van der Waals surface area contributed by atoms with Gasteiger partial charge in [-0.3, -0.25) is 14.9 Å². The van der Waals surface area contributed by atoms with Crippen molar-refractivity contribution in [3.05, 3.63) is 34.4 Å². The van der Waals surface area contributed by atoms with Gasteiger partial charge in [-0.2, -0.15) is 0 Å². The number of hydrogen-bond acceptors (Lipinski definition) is 4. The van der Waals surface area contributed by atoms with Crippen LogP contribution >= 0.6 is 0 Å². The van der Waals surface area contributed by atoms with Crippen molar-refractivity contribution in [2.24, 2.45) is 5.92 Å². The predicted octanol–water partition coefficient (Wildman–Crippen LogP) is 1.51. The van der Waals surface area contributed by atoms with E-state index in [1.54, 1.807) is 12.1 Å². The maximum atomic E-state index is 10.6. The molecule has 0 bridgehead atoms. The van der Waals surface area contributed by atoms with Gasteiger partial charge in [0.15, 0.2) is 0 Å². The van der Waals surface area contributed by atoms with E-state index in [1.165, 1.54) is 12.1 Å². The molecule has 1 aromatic carbocycles. The Balaban J connectivity index is 1.99. The number of benzene rings is 1. The lowest BCUT2D eigenvalue weighted by molar-refractivity contribution is -0.384. The summed E-state index contributed by atoms with van der Waals surface area (Å²) in [6, 6.07) is 6.39. The molecule has 0 saturated carbocycles. The Morgan fingerprint density at radius 1 is 1.53 bits per heavy atom. The van der Waals surface area contributed by atoms with Crippen LogP contribution in [0.3, 0.4) is 0 Å². The summed E-state index contributed by atoms with van der Waals surface area (Å²) in [4.78, 5) is 22.6. The van der Waals surface area contributed by atoms with Crippen LogP contribution < -0.4 is 4.90 Å². The van der Waals surface area contributed by atoms with Crippen LogP contribution in [0, 0.1) is 16.0 Å². The first kappa shape index (κ1) is 11.4. The molecule has 17 heavy (non-hydrogen) atoms. The normalized spacial score (nSPS) is 15.4. The van der Waals surface area contributed by atoms with Gasteiger partial charge in [0.1, 0.15) is 0 Å². The van der Waals surface area contributed by atoms with Crippen molar-refractivity contribution in [2.45, 2.75) is 6.42 Å². The number of aliphatic carboxylic acids is 1. The molecule has 0 amide bonds. The van der Waals surface area contributed by atoms with E-state index in [0.717, 1.165) is 5.69 Å². The minimum Gasteiger partial charge on any atom is -0.481 e. The van der Waals surface area contributed by atoms with Gasteiger partial charge in [-0.25, -0.2) is 0 Å². The molecule has 0 atom stereocenters. The van der Waals surface area contributed by atoms with E-state index in [9.17, 15) is 14.9 Å². The number of anilines is 1. The molecular weight excluding hydrogens is 224 g/mol. The zero-order chi connectivity index (χ0) is 12.4. The van der Waals surface area contributed by atoms with Crippen LogP contribution in [0.1, 0.15) is 6.42 Å². The number of nitrogens with zero attached hydrogens (tertiary/aromatic N) is 2. The Hall–Kier alpha value is -2.11. The number of carbonyl (C=O) groups is 1. The monoisotopic (exact) mass is 236 g/mol. The van der Waals surface area contributed by atoms with Crippen molar-refractivity contribution in [2.75, 3.05) is 18.0 Å². The molecule has 0 aromatic heterocycles. The topological polar surface area (TPSA) is 83.7 Å². The SMILES string of the molecule is O=C(O)CC1CN(c2cccc([N+](=O)[O-])c2)C1. The lowest BCUT2D eigenvalue weighted by Crippen LogP contribution is -2.47. The minimum atomic E-state index is -0.798. The second-order valence-corrected chi connectivity index (χ2v) is 4.15. The molecule has 2 rings (SSSR count). The molecule has 1 N–H and O–H groups in total. The zero-order valence-corrected chi connectivity index (χ0v) is 9.07. The number of carboxylic acids is 1. The minimum absolute atomic E-state index is 0.0594. The first-order chi connectivity index (χ1) is 8.06. The number of rotatable bonds is 4. The Bertz CT molecular complexity index is 455.